The summed E-state index contributed by atoms with van der Waals surface area (Å²) in [4.78, 5) is 17.6. The summed E-state index contributed by atoms with van der Waals surface area (Å²) in [5, 5.41) is 7.94. The van der Waals surface area contributed by atoms with Gasteiger partial charge in [-0.15, -0.1) is 6.58 Å². The molecule has 2 aliphatic rings. The second kappa shape index (κ2) is 10.3. The lowest BCUT2D eigenvalue weighted by Gasteiger charge is -2.16. The Bertz CT molecular complexity index is 1430. The monoisotopic (exact) mass is 496 g/mol. The zero-order chi connectivity index (χ0) is 26.7. The number of aromatic nitrogens is 1. The lowest BCUT2D eigenvalue weighted by atomic mass is 9.95. The maximum absolute atomic E-state index is 14.9. The van der Waals surface area contributed by atoms with Crippen LogP contribution in [0.3, 0.4) is 0 Å². The molecule has 1 aliphatic heterocycles. The molecular weight excluding hydrogens is 467 g/mol. The molecule has 0 amide bonds. The highest BCUT2D eigenvalue weighted by Crippen LogP contribution is 2.47. The molecule has 188 valence electrons. The molecule has 1 N–H and O–H groups in total. The highest BCUT2D eigenvalue weighted by Gasteiger charge is 2.42. The van der Waals surface area contributed by atoms with Gasteiger partial charge >= 0.3 is 6.04 Å². The van der Waals surface area contributed by atoms with Gasteiger partial charge in [0.25, 0.3) is 0 Å². The smallest absolute Gasteiger partial charge is 0.411 e. The van der Waals surface area contributed by atoms with Gasteiger partial charge in [-0.05, 0) is 72.6 Å². The summed E-state index contributed by atoms with van der Waals surface area (Å²) in [7, 11) is 0. The van der Waals surface area contributed by atoms with E-state index >= 15 is 0 Å². The van der Waals surface area contributed by atoms with E-state index in [0.717, 1.165) is 39.1 Å². The number of pyridine rings is 1. The number of carbonyl (C=O) groups excluding carboxylic acids is 1. The molecule has 2 aromatic rings. The van der Waals surface area contributed by atoms with Crippen molar-refractivity contribution in [2.45, 2.75) is 39.2 Å². The first-order chi connectivity index (χ1) is 17.6. The van der Waals surface area contributed by atoms with Crippen LogP contribution in [-0.4, -0.2) is 22.5 Å². The molecule has 1 aromatic carbocycles. The Balaban J connectivity index is 1.58. The van der Waals surface area contributed by atoms with Crippen molar-refractivity contribution in [3.63, 3.8) is 0 Å². The standard InChI is InChI=1S/C31H29FN2O3/c1-6-13-31(32)36-29-10-8-9-25(30(29)37-31)22-15-23-14-21(18-34-27(23)16-22)11-12-28(35)26(17-24(33)7-2)20(5)19(3)4/h6-12,14-15,18,33H,1-3,13,16-17H2,4-5H3/b12-11+,26-20+,33-24?. The van der Waals surface area contributed by atoms with Gasteiger partial charge in [0.15, 0.2) is 17.3 Å². The fourth-order valence-corrected chi connectivity index (χ4v) is 4.23. The van der Waals surface area contributed by atoms with Crippen molar-refractivity contribution in [3.05, 3.63) is 108 Å². The third-order valence-electron chi connectivity index (χ3n) is 6.37. The van der Waals surface area contributed by atoms with Crippen molar-refractivity contribution >= 4 is 29.2 Å². The molecule has 0 fully saturated rings. The molecule has 0 saturated carbocycles. The van der Waals surface area contributed by atoms with E-state index in [1.54, 1.807) is 24.4 Å². The Morgan fingerprint density at radius 1 is 1.27 bits per heavy atom. The molecule has 1 aromatic heterocycles. The van der Waals surface area contributed by atoms with Crippen molar-refractivity contribution in [1.82, 2.24) is 4.98 Å². The number of nitrogens with zero attached hydrogens (tertiary/aromatic N) is 1. The quantitative estimate of drug-likeness (QED) is 0.163. The maximum Gasteiger partial charge on any atom is 0.411 e. The summed E-state index contributed by atoms with van der Waals surface area (Å²) in [6, 6.07) is 5.06. The van der Waals surface area contributed by atoms with Crippen LogP contribution in [0.5, 0.6) is 11.5 Å². The van der Waals surface area contributed by atoms with Gasteiger partial charge in [0.2, 0.25) is 0 Å². The van der Waals surface area contributed by atoms with Crippen molar-refractivity contribution in [3.8, 4) is 11.5 Å². The highest BCUT2D eigenvalue weighted by atomic mass is 19.2. The summed E-state index contributed by atoms with van der Waals surface area (Å²) >= 11 is 0. The second-order valence-corrected chi connectivity index (χ2v) is 9.13. The van der Waals surface area contributed by atoms with E-state index in [9.17, 15) is 9.18 Å². The van der Waals surface area contributed by atoms with Gasteiger partial charge in [0.1, 0.15) is 0 Å². The van der Waals surface area contributed by atoms with E-state index in [1.165, 1.54) is 18.2 Å². The summed E-state index contributed by atoms with van der Waals surface area (Å²) < 4.78 is 25.8. The number of hydrogen-bond donors (Lipinski definition) is 1. The second-order valence-electron chi connectivity index (χ2n) is 9.13. The first-order valence-corrected chi connectivity index (χ1v) is 11.9. The highest BCUT2D eigenvalue weighted by molar-refractivity contribution is 6.11. The van der Waals surface area contributed by atoms with E-state index in [1.807, 2.05) is 32.1 Å². The summed E-state index contributed by atoms with van der Waals surface area (Å²) in [5.41, 5.74) is 6.59. The number of ketones is 1. The van der Waals surface area contributed by atoms with Crippen LogP contribution in [-0.2, 0) is 11.2 Å². The number of allylic oxidation sites excluding steroid dienone is 6. The molecule has 6 heteroatoms. The fourth-order valence-electron chi connectivity index (χ4n) is 4.23. The number of fused-ring (bicyclic) bond motifs is 2. The van der Waals surface area contributed by atoms with Gasteiger partial charge in [-0.1, -0.05) is 36.9 Å². The van der Waals surface area contributed by atoms with Crippen LogP contribution in [0.2, 0.25) is 0 Å². The zero-order valence-corrected chi connectivity index (χ0v) is 21.1. The number of hydrogen-bond acceptors (Lipinski definition) is 5. The van der Waals surface area contributed by atoms with Crippen molar-refractivity contribution < 1.29 is 18.7 Å². The molecule has 0 saturated heterocycles. The number of nitrogens with one attached hydrogen (secondary N) is 1. The SMILES string of the molecule is C=CCC1(F)Oc2cccc(C3=Cc4cc(/C=C/C(=O)/C(CC(=N)C=C)=C(\C)C(=C)C)cnc4C3)c2O1. The van der Waals surface area contributed by atoms with Crippen LogP contribution in [0.25, 0.3) is 17.7 Å². The molecule has 37 heavy (non-hydrogen) atoms. The summed E-state index contributed by atoms with van der Waals surface area (Å²) in [6.45, 7) is 14.8. The molecule has 2 heterocycles. The van der Waals surface area contributed by atoms with Gasteiger partial charge in [0.05, 0.1) is 12.1 Å². The number of halogens is 1. The third kappa shape index (κ3) is 5.43. The Labute approximate surface area is 216 Å². The van der Waals surface area contributed by atoms with E-state index < -0.39 is 6.04 Å². The van der Waals surface area contributed by atoms with Crippen LogP contribution in [0.1, 0.15) is 49.1 Å². The number of alkyl halides is 1. The molecule has 0 spiro atoms. The molecule has 0 bridgehead atoms. The fraction of sp³-hybridized carbons (Fsp3) is 0.194. The Kier molecular flexibility index (Phi) is 7.21. The summed E-state index contributed by atoms with van der Waals surface area (Å²) in [5.74, 6) is 0.538. The number of carbonyl (C=O) groups is 1. The zero-order valence-electron chi connectivity index (χ0n) is 21.1. The van der Waals surface area contributed by atoms with Crippen molar-refractivity contribution in [1.29, 1.82) is 5.41 Å². The average molecular weight is 497 g/mol. The Morgan fingerprint density at radius 3 is 2.76 bits per heavy atom. The van der Waals surface area contributed by atoms with Crippen LogP contribution >= 0.6 is 0 Å². The molecule has 1 aliphatic carbocycles. The normalized spacial score (nSPS) is 18.2. The van der Waals surface area contributed by atoms with Crippen LogP contribution in [0, 0.1) is 5.41 Å². The minimum Gasteiger partial charge on any atom is -0.422 e. The number of para-hydroxylation sites is 1. The number of benzene rings is 1. The minimum absolute atomic E-state index is 0.0894. The van der Waals surface area contributed by atoms with Gasteiger partial charge in [-0.25, -0.2) is 0 Å². The van der Waals surface area contributed by atoms with E-state index in [0.29, 0.717) is 23.5 Å². The Morgan fingerprint density at radius 2 is 2.05 bits per heavy atom. The molecule has 0 radical (unpaired) electrons. The van der Waals surface area contributed by atoms with Gasteiger partial charge < -0.3 is 14.9 Å². The third-order valence-corrected chi connectivity index (χ3v) is 6.37. The topological polar surface area (TPSA) is 72.3 Å². The van der Waals surface area contributed by atoms with E-state index in [2.05, 4.69) is 24.7 Å². The average Bonchev–Trinajstić information content (AvgIpc) is 3.44. The van der Waals surface area contributed by atoms with Crippen LogP contribution in [0.4, 0.5) is 4.39 Å². The van der Waals surface area contributed by atoms with Gasteiger partial charge in [0, 0.05) is 35.9 Å². The predicted molar refractivity (Wildman–Crippen MR) is 146 cm³/mol. The van der Waals surface area contributed by atoms with Crippen molar-refractivity contribution in [2.75, 3.05) is 0 Å². The molecule has 1 atom stereocenters. The Hall–Kier alpha value is -4.32. The van der Waals surface area contributed by atoms with E-state index in [4.69, 9.17) is 14.9 Å². The predicted octanol–water partition coefficient (Wildman–Crippen LogP) is 7.22. The minimum atomic E-state index is -2.26. The van der Waals surface area contributed by atoms with Gasteiger partial charge in [-0.2, -0.15) is 4.39 Å². The van der Waals surface area contributed by atoms with Crippen LogP contribution in [0.15, 0.2) is 85.1 Å². The van der Waals surface area contributed by atoms with Gasteiger partial charge in [-0.3, -0.25) is 9.78 Å². The molecule has 1 unspecified atom stereocenters. The van der Waals surface area contributed by atoms with Crippen LogP contribution < -0.4 is 9.47 Å². The lowest BCUT2D eigenvalue weighted by molar-refractivity contribution is -0.186. The first kappa shape index (κ1) is 25.8. The molecule has 4 rings (SSSR count). The molecular formula is C31H29FN2O3. The van der Waals surface area contributed by atoms with Crippen molar-refractivity contribution in [2.24, 2.45) is 0 Å². The largest absolute Gasteiger partial charge is 0.422 e. The number of rotatable bonds is 10. The maximum atomic E-state index is 14.9. The lowest BCUT2D eigenvalue weighted by Crippen LogP contribution is -2.32. The number of ether oxygens (including phenoxy) is 2. The van der Waals surface area contributed by atoms with E-state index in [-0.39, 0.29) is 24.3 Å². The first-order valence-electron chi connectivity index (χ1n) is 11.9. The molecule has 5 nitrogen and oxygen atoms in total. The summed E-state index contributed by atoms with van der Waals surface area (Å²) in [6.07, 6.45) is 10.4.